The van der Waals surface area contributed by atoms with Crippen molar-refractivity contribution >= 4 is 11.8 Å². The van der Waals surface area contributed by atoms with E-state index in [1.165, 1.54) is 12.1 Å². The highest BCUT2D eigenvalue weighted by Gasteiger charge is 2.24. The molecule has 2 N–H and O–H groups in total. The number of halogens is 1. The standard InChI is InChI=1S/C20H23FN2O2/c1-13(2)18(23-19(24)17-7-5-4-6-14(17)3)20(25)22-12-15-8-10-16(21)11-9-15/h4-11,13,18H,12H2,1-3H3,(H,22,25)(H,23,24). The summed E-state index contributed by atoms with van der Waals surface area (Å²) in [5.74, 6) is -0.920. The van der Waals surface area contributed by atoms with Gasteiger partial charge in [-0.1, -0.05) is 44.2 Å². The number of carbonyl (C=O) groups excluding carboxylic acids is 2. The van der Waals surface area contributed by atoms with Gasteiger partial charge in [-0.05, 0) is 42.2 Å². The van der Waals surface area contributed by atoms with Gasteiger partial charge >= 0.3 is 0 Å². The summed E-state index contributed by atoms with van der Waals surface area (Å²) in [4.78, 5) is 24.9. The van der Waals surface area contributed by atoms with Gasteiger partial charge in [-0.3, -0.25) is 9.59 Å². The number of amides is 2. The van der Waals surface area contributed by atoms with Crippen molar-refractivity contribution in [3.63, 3.8) is 0 Å². The summed E-state index contributed by atoms with van der Waals surface area (Å²) < 4.78 is 12.9. The van der Waals surface area contributed by atoms with E-state index in [1.54, 1.807) is 24.3 Å². The normalized spacial score (nSPS) is 11.9. The average molecular weight is 342 g/mol. The number of hydrogen-bond acceptors (Lipinski definition) is 2. The fourth-order valence-corrected chi connectivity index (χ4v) is 2.48. The minimum atomic E-state index is -0.646. The summed E-state index contributed by atoms with van der Waals surface area (Å²) in [6.45, 7) is 5.89. The summed E-state index contributed by atoms with van der Waals surface area (Å²) in [6.07, 6.45) is 0. The smallest absolute Gasteiger partial charge is 0.252 e. The molecule has 0 saturated carbocycles. The molecule has 0 aliphatic heterocycles. The van der Waals surface area contributed by atoms with Crippen LogP contribution in [-0.2, 0) is 11.3 Å². The first-order valence-electron chi connectivity index (χ1n) is 8.27. The third-order valence-electron chi connectivity index (χ3n) is 4.01. The lowest BCUT2D eigenvalue weighted by Gasteiger charge is -2.22. The van der Waals surface area contributed by atoms with Gasteiger partial charge < -0.3 is 10.6 Å². The predicted octanol–water partition coefficient (Wildman–Crippen LogP) is 3.20. The van der Waals surface area contributed by atoms with Gasteiger partial charge in [0.1, 0.15) is 11.9 Å². The van der Waals surface area contributed by atoms with E-state index in [2.05, 4.69) is 10.6 Å². The predicted molar refractivity (Wildman–Crippen MR) is 95.5 cm³/mol. The van der Waals surface area contributed by atoms with E-state index >= 15 is 0 Å². The van der Waals surface area contributed by atoms with Gasteiger partial charge in [-0.25, -0.2) is 4.39 Å². The lowest BCUT2D eigenvalue weighted by Crippen LogP contribution is -2.49. The molecule has 5 heteroatoms. The Labute approximate surface area is 147 Å². The maximum atomic E-state index is 12.9. The maximum Gasteiger partial charge on any atom is 0.252 e. The first-order valence-corrected chi connectivity index (χ1v) is 8.27. The summed E-state index contributed by atoms with van der Waals surface area (Å²) >= 11 is 0. The Morgan fingerprint density at radius 1 is 1.04 bits per heavy atom. The van der Waals surface area contributed by atoms with Crippen LogP contribution in [0.1, 0.15) is 35.3 Å². The second kappa shape index (κ2) is 8.42. The van der Waals surface area contributed by atoms with E-state index in [-0.39, 0.29) is 30.1 Å². The van der Waals surface area contributed by atoms with Crippen molar-refractivity contribution in [2.24, 2.45) is 5.92 Å². The molecule has 0 saturated heterocycles. The number of carbonyl (C=O) groups is 2. The second-order valence-electron chi connectivity index (χ2n) is 6.35. The number of rotatable bonds is 6. The van der Waals surface area contributed by atoms with Gasteiger partial charge in [-0.15, -0.1) is 0 Å². The molecular weight excluding hydrogens is 319 g/mol. The first-order chi connectivity index (χ1) is 11.9. The third kappa shape index (κ3) is 5.14. The highest BCUT2D eigenvalue weighted by atomic mass is 19.1. The van der Waals surface area contributed by atoms with Crippen LogP contribution in [0.25, 0.3) is 0 Å². The zero-order valence-corrected chi connectivity index (χ0v) is 14.7. The molecule has 0 radical (unpaired) electrons. The summed E-state index contributed by atoms with van der Waals surface area (Å²) in [7, 11) is 0. The fourth-order valence-electron chi connectivity index (χ4n) is 2.48. The Morgan fingerprint density at radius 2 is 1.68 bits per heavy atom. The Hall–Kier alpha value is -2.69. The molecule has 4 nitrogen and oxygen atoms in total. The van der Waals surface area contributed by atoms with Crippen molar-refractivity contribution in [1.82, 2.24) is 10.6 Å². The summed E-state index contributed by atoms with van der Waals surface area (Å²) in [5, 5.41) is 5.60. The van der Waals surface area contributed by atoms with Crippen molar-refractivity contribution in [1.29, 1.82) is 0 Å². The lowest BCUT2D eigenvalue weighted by atomic mass is 10.0. The van der Waals surface area contributed by atoms with Gasteiger partial charge in [-0.2, -0.15) is 0 Å². The SMILES string of the molecule is Cc1ccccc1C(=O)NC(C(=O)NCc1ccc(F)cc1)C(C)C. The average Bonchev–Trinajstić information content (AvgIpc) is 2.58. The van der Waals surface area contributed by atoms with Crippen molar-refractivity contribution in [3.8, 4) is 0 Å². The van der Waals surface area contributed by atoms with Gasteiger partial charge in [0.05, 0.1) is 0 Å². The number of aryl methyl sites for hydroxylation is 1. The molecule has 1 atom stereocenters. The van der Waals surface area contributed by atoms with E-state index in [0.717, 1.165) is 11.1 Å². The van der Waals surface area contributed by atoms with Crippen LogP contribution in [-0.4, -0.2) is 17.9 Å². The molecule has 2 aromatic carbocycles. The molecule has 2 rings (SSSR count). The molecule has 2 amide bonds. The highest BCUT2D eigenvalue weighted by Crippen LogP contribution is 2.10. The molecule has 0 aromatic heterocycles. The lowest BCUT2D eigenvalue weighted by molar-refractivity contribution is -0.124. The minimum Gasteiger partial charge on any atom is -0.350 e. The van der Waals surface area contributed by atoms with Gasteiger partial charge in [0.25, 0.3) is 5.91 Å². The molecule has 1 unspecified atom stereocenters. The van der Waals surface area contributed by atoms with Gasteiger partial charge in [0.15, 0.2) is 0 Å². The first kappa shape index (κ1) is 18.6. The van der Waals surface area contributed by atoms with Crippen LogP contribution in [0.2, 0.25) is 0 Å². The van der Waals surface area contributed by atoms with E-state index in [4.69, 9.17) is 0 Å². The molecule has 25 heavy (non-hydrogen) atoms. The topological polar surface area (TPSA) is 58.2 Å². The van der Waals surface area contributed by atoms with Gasteiger partial charge in [0.2, 0.25) is 5.91 Å². The van der Waals surface area contributed by atoms with Crippen LogP contribution in [0, 0.1) is 18.7 Å². The van der Waals surface area contributed by atoms with Crippen LogP contribution < -0.4 is 10.6 Å². The van der Waals surface area contributed by atoms with Crippen molar-refractivity contribution in [2.75, 3.05) is 0 Å². The largest absolute Gasteiger partial charge is 0.350 e. The Bertz CT molecular complexity index is 742. The van der Waals surface area contributed by atoms with E-state index in [1.807, 2.05) is 32.9 Å². The third-order valence-corrected chi connectivity index (χ3v) is 4.01. The van der Waals surface area contributed by atoms with Crippen molar-refractivity contribution in [2.45, 2.75) is 33.4 Å². The molecule has 0 fully saturated rings. The summed E-state index contributed by atoms with van der Waals surface area (Å²) in [5.41, 5.74) is 2.20. The Balaban J connectivity index is 2.01. The van der Waals surface area contributed by atoms with Crippen molar-refractivity contribution in [3.05, 3.63) is 71.0 Å². The van der Waals surface area contributed by atoms with Crippen LogP contribution >= 0.6 is 0 Å². The van der Waals surface area contributed by atoms with Crippen LogP contribution in [0.3, 0.4) is 0 Å². The minimum absolute atomic E-state index is 0.0683. The molecule has 0 aliphatic carbocycles. The van der Waals surface area contributed by atoms with E-state index in [9.17, 15) is 14.0 Å². The molecule has 0 bridgehead atoms. The fraction of sp³-hybridized carbons (Fsp3) is 0.300. The number of nitrogens with one attached hydrogen (secondary N) is 2. The second-order valence-corrected chi connectivity index (χ2v) is 6.35. The van der Waals surface area contributed by atoms with E-state index in [0.29, 0.717) is 5.56 Å². The van der Waals surface area contributed by atoms with Gasteiger partial charge in [0, 0.05) is 12.1 Å². The monoisotopic (exact) mass is 342 g/mol. The van der Waals surface area contributed by atoms with E-state index < -0.39 is 6.04 Å². The molecule has 0 spiro atoms. The van der Waals surface area contributed by atoms with Crippen LogP contribution in [0.5, 0.6) is 0 Å². The summed E-state index contributed by atoms with van der Waals surface area (Å²) in [6, 6.07) is 12.5. The molecule has 132 valence electrons. The van der Waals surface area contributed by atoms with Crippen LogP contribution in [0.4, 0.5) is 4.39 Å². The molecule has 2 aromatic rings. The Kier molecular flexibility index (Phi) is 6.28. The molecule has 0 heterocycles. The molecular formula is C20H23FN2O2. The number of hydrogen-bond donors (Lipinski definition) is 2. The van der Waals surface area contributed by atoms with Crippen molar-refractivity contribution < 1.29 is 14.0 Å². The maximum absolute atomic E-state index is 12.9. The highest BCUT2D eigenvalue weighted by molar-refractivity contribution is 5.98. The zero-order valence-electron chi connectivity index (χ0n) is 14.7. The molecule has 0 aliphatic rings. The zero-order chi connectivity index (χ0) is 18.4. The quantitative estimate of drug-likeness (QED) is 0.847. The Morgan fingerprint density at radius 3 is 2.28 bits per heavy atom. The number of benzene rings is 2. The van der Waals surface area contributed by atoms with Crippen LogP contribution in [0.15, 0.2) is 48.5 Å².